The normalized spacial score (nSPS) is 23.1. The summed E-state index contributed by atoms with van der Waals surface area (Å²) < 4.78 is 5.49. The number of thiocarbonyl (C=S) groups is 1. The highest BCUT2D eigenvalue weighted by molar-refractivity contribution is 7.80. The number of hydrogen-bond acceptors (Lipinski definition) is 3. The minimum absolute atomic E-state index is 0.114. The minimum atomic E-state index is -0.399. The molecule has 0 bridgehead atoms. The molecule has 1 saturated heterocycles. The van der Waals surface area contributed by atoms with Crippen LogP contribution in [-0.4, -0.2) is 30.2 Å². The fourth-order valence-electron chi connectivity index (χ4n) is 1.47. The Hall–Kier alpha value is -0.680. The van der Waals surface area contributed by atoms with Crippen LogP contribution in [0, 0.1) is 5.92 Å². The van der Waals surface area contributed by atoms with Crippen molar-refractivity contribution in [3.63, 3.8) is 0 Å². The zero-order valence-electron chi connectivity index (χ0n) is 8.99. The molecule has 86 valence electrons. The van der Waals surface area contributed by atoms with Crippen molar-refractivity contribution in [2.45, 2.75) is 32.3 Å². The van der Waals surface area contributed by atoms with Gasteiger partial charge in [0.05, 0.1) is 17.0 Å². The van der Waals surface area contributed by atoms with Crippen molar-refractivity contribution in [1.29, 1.82) is 0 Å². The number of carbonyl (C=O) groups excluding carboxylic acids is 1. The van der Waals surface area contributed by atoms with Crippen LogP contribution >= 0.6 is 12.2 Å². The standard InChI is InChI=1S/C10H18N2O2S/c1-7(9(11)15)10(13)12-6-8-4-2-3-5-14-8/h7-8H,2-6H2,1H3,(H2,11,15)(H,12,13). The molecule has 0 aliphatic carbocycles. The molecule has 1 rings (SSSR count). The van der Waals surface area contributed by atoms with Crippen LogP contribution in [0.4, 0.5) is 0 Å². The van der Waals surface area contributed by atoms with Gasteiger partial charge < -0.3 is 15.8 Å². The number of rotatable bonds is 4. The Balaban J connectivity index is 2.23. The fraction of sp³-hybridized carbons (Fsp3) is 0.800. The van der Waals surface area contributed by atoms with Gasteiger partial charge in [-0.2, -0.15) is 0 Å². The number of ether oxygens (including phenoxy) is 1. The Bertz CT molecular complexity index is 240. The lowest BCUT2D eigenvalue weighted by Crippen LogP contribution is -2.41. The Morgan fingerprint density at radius 2 is 2.40 bits per heavy atom. The molecule has 15 heavy (non-hydrogen) atoms. The smallest absolute Gasteiger partial charge is 0.229 e. The summed E-state index contributed by atoms with van der Waals surface area (Å²) in [7, 11) is 0. The second-order valence-corrected chi connectivity index (χ2v) is 4.33. The number of nitrogens with one attached hydrogen (secondary N) is 1. The highest BCUT2D eigenvalue weighted by Crippen LogP contribution is 2.11. The van der Waals surface area contributed by atoms with Crippen molar-refractivity contribution in [1.82, 2.24) is 5.32 Å². The lowest BCUT2D eigenvalue weighted by molar-refractivity contribution is -0.123. The Morgan fingerprint density at radius 1 is 1.67 bits per heavy atom. The Kier molecular flexibility index (Phi) is 4.98. The summed E-state index contributed by atoms with van der Waals surface area (Å²) in [6.45, 7) is 3.07. The average Bonchev–Trinajstić information content (AvgIpc) is 2.26. The van der Waals surface area contributed by atoms with Crippen LogP contribution in [0.5, 0.6) is 0 Å². The number of carbonyl (C=O) groups is 1. The van der Waals surface area contributed by atoms with Gasteiger partial charge in [0.1, 0.15) is 0 Å². The van der Waals surface area contributed by atoms with Crippen LogP contribution < -0.4 is 11.1 Å². The van der Waals surface area contributed by atoms with Gasteiger partial charge in [-0.05, 0) is 26.2 Å². The predicted octanol–water partition coefficient (Wildman–Crippen LogP) is 0.594. The van der Waals surface area contributed by atoms with Gasteiger partial charge >= 0.3 is 0 Å². The molecule has 0 spiro atoms. The quantitative estimate of drug-likeness (QED) is 0.694. The molecule has 1 fully saturated rings. The average molecular weight is 230 g/mol. The van der Waals surface area contributed by atoms with Gasteiger partial charge in [-0.25, -0.2) is 0 Å². The van der Waals surface area contributed by atoms with E-state index in [2.05, 4.69) is 5.32 Å². The molecule has 0 aromatic heterocycles. The zero-order chi connectivity index (χ0) is 11.3. The molecule has 1 aliphatic rings. The SMILES string of the molecule is CC(C(=O)NCC1CCCCO1)C(N)=S. The van der Waals surface area contributed by atoms with Crippen LogP contribution in [0.25, 0.3) is 0 Å². The van der Waals surface area contributed by atoms with Gasteiger partial charge in [0, 0.05) is 13.2 Å². The van der Waals surface area contributed by atoms with E-state index >= 15 is 0 Å². The Morgan fingerprint density at radius 3 is 2.93 bits per heavy atom. The largest absolute Gasteiger partial charge is 0.393 e. The molecule has 1 amide bonds. The Labute approximate surface area is 95.5 Å². The second kappa shape index (κ2) is 6.02. The van der Waals surface area contributed by atoms with E-state index in [4.69, 9.17) is 22.7 Å². The van der Waals surface area contributed by atoms with Gasteiger partial charge in [0.25, 0.3) is 0 Å². The first-order chi connectivity index (χ1) is 7.11. The summed E-state index contributed by atoms with van der Waals surface area (Å²) in [6.07, 6.45) is 3.46. The minimum Gasteiger partial charge on any atom is -0.393 e. The molecule has 3 N–H and O–H groups in total. The van der Waals surface area contributed by atoms with Crippen molar-refractivity contribution in [3.8, 4) is 0 Å². The maximum absolute atomic E-state index is 11.5. The summed E-state index contributed by atoms with van der Waals surface area (Å²) in [6, 6.07) is 0. The third-order valence-corrected chi connectivity index (χ3v) is 2.95. The molecular weight excluding hydrogens is 212 g/mol. The topological polar surface area (TPSA) is 64.3 Å². The summed E-state index contributed by atoms with van der Waals surface area (Å²) in [5.74, 6) is -0.514. The maximum atomic E-state index is 11.5. The van der Waals surface area contributed by atoms with Crippen molar-refractivity contribution in [2.75, 3.05) is 13.2 Å². The van der Waals surface area contributed by atoms with Crippen molar-refractivity contribution in [2.24, 2.45) is 11.7 Å². The predicted molar refractivity (Wildman–Crippen MR) is 62.6 cm³/mol. The molecule has 0 aromatic rings. The van der Waals surface area contributed by atoms with Gasteiger partial charge in [-0.15, -0.1) is 0 Å². The van der Waals surface area contributed by atoms with Gasteiger partial charge in [-0.3, -0.25) is 4.79 Å². The summed E-state index contributed by atoms with van der Waals surface area (Å²) in [5, 5.41) is 2.80. The summed E-state index contributed by atoms with van der Waals surface area (Å²) >= 11 is 4.75. The van der Waals surface area contributed by atoms with Crippen molar-refractivity contribution in [3.05, 3.63) is 0 Å². The van der Waals surface area contributed by atoms with Crippen LogP contribution in [0.1, 0.15) is 26.2 Å². The van der Waals surface area contributed by atoms with Crippen LogP contribution in [0.2, 0.25) is 0 Å². The van der Waals surface area contributed by atoms with Gasteiger partial charge in [0.15, 0.2) is 0 Å². The fourth-order valence-corrected chi connectivity index (χ4v) is 1.57. The second-order valence-electron chi connectivity index (χ2n) is 3.86. The lowest BCUT2D eigenvalue weighted by Gasteiger charge is -2.23. The molecule has 0 saturated carbocycles. The van der Waals surface area contributed by atoms with E-state index < -0.39 is 5.92 Å². The van der Waals surface area contributed by atoms with E-state index in [0.717, 1.165) is 19.4 Å². The molecule has 0 aromatic carbocycles. The van der Waals surface area contributed by atoms with Gasteiger partial charge in [-0.1, -0.05) is 12.2 Å². The molecule has 2 atom stereocenters. The first-order valence-electron chi connectivity index (χ1n) is 5.30. The first-order valence-corrected chi connectivity index (χ1v) is 5.70. The number of amides is 1. The number of hydrogen-bond donors (Lipinski definition) is 2. The molecule has 0 radical (unpaired) electrons. The maximum Gasteiger partial charge on any atom is 0.229 e. The van der Waals surface area contributed by atoms with Crippen molar-refractivity contribution >= 4 is 23.1 Å². The third kappa shape index (κ3) is 4.13. The van der Waals surface area contributed by atoms with Gasteiger partial charge in [0.2, 0.25) is 5.91 Å². The van der Waals surface area contributed by atoms with E-state index in [1.165, 1.54) is 6.42 Å². The van der Waals surface area contributed by atoms with Crippen LogP contribution in [0.15, 0.2) is 0 Å². The number of nitrogens with two attached hydrogens (primary N) is 1. The zero-order valence-corrected chi connectivity index (χ0v) is 9.81. The van der Waals surface area contributed by atoms with E-state index in [-0.39, 0.29) is 17.0 Å². The third-order valence-electron chi connectivity index (χ3n) is 2.60. The summed E-state index contributed by atoms with van der Waals surface area (Å²) in [5.41, 5.74) is 5.38. The molecular formula is C10H18N2O2S. The van der Waals surface area contributed by atoms with E-state index in [9.17, 15) is 4.79 Å². The monoisotopic (exact) mass is 230 g/mol. The van der Waals surface area contributed by atoms with Crippen LogP contribution in [0.3, 0.4) is 0 Å². The first kappa shape index (κ1) is 12.4. The highest BCUT2D eigenvalue weighted by atomic mass is 32.1. The molecule has 1 aliphatic heterocycles. The lowest BCUT2D eigenvalue weighted by atomic mass is 10.1. The van der Waals surface area contributed by atoms with Crippen LogP contribution in [-0.2, 0) is 9.53 Å². The van der Waals surface area contributed by atoms with E-state index in [1.54, 1.807) is 6.92 Å². The van der Waals surface area contributed by atoms with E-state index in [1.807, 2.05) is 0 Å². The molecule has 2 unspecified atom stereocenters. The molecule has 5 heteroatoms. The molecule has 4 nitrogen and oxygen atoms in total. The van der Waals surface area contributed by atoms with Crippen molar-refractivity contribution < 1.29 is 9.53 Å². The highest BCUT2D eigenvalue weighted by Gasteiger charge is 2.18. The summed E-state index contributed by atoms with van der Waals surface area (Å²) in [4.78, 5) is 11.7. The molecule has 1 heterocycles. The van der Waals surface area contributed by atoms with E-state index in [0.29, 0.717) is 6.54 Å².